The molecule has 0 fully saturated rings. The summed E-state index contributed by atoms with van der Waals surface area (Å²) in [5, 5.41) is 2.72. The molecule has 0 radical (unpaired) electrons. The van der Waals surface area contributed by atoms with E-state index in [1.807, 2.05) is 60.7 Å². The molecular formula is C31H23OP. The van der Waals surface area contributed by atoms with Gasteiger partial charge in [-0.15, -0.1) is 0 Å². The lowest BCUT2D eigenvalue weighted by atomic mass is 10.1. The summed E-state index contributed by atoms with van der Waals surface area (Å²) >= 11 is 0. The van der Waals surface area contributed by atoms with Crippen LogP contribution < -0.4 is 15.9 Å². The Hall–Kier alpha value is -3.67. The smallest absolute Gasteiger partial charge is 0.171 e. The van der Waals surface area contributed by atoms with E-state index < -0.39 is 7.14 Å². The first-order valence-corrected chi connectivity index (χ1v) is 13.0. The highest BCUT2D eigenvalue weighted by Crippen LogP contribution is 2.49. The van der Waals surface area contributed by atoms with Crippen molar-refractivity contribution in [1.82, 2.24) is 0 Å². The van der Waals surface area contributed by atoms with Crippen LogP contribution in [0.3, 0.4) is 0 Å². The van der Waals surface area contributed by atoms with Crippen molar-refractivity contribution in [3.05, 3.63) is 139 Å². The molecule has 0 bridgehead atoms. The minimum Gasteiger partial charge on any atom is -0.309 e. The molecule has 5 aromatic rings. The van der Waals surface area contributed by atoms with Gasteiger partial charge in [0.1, 0.15) is 0 Å². The zero-order valence-corrected chi connectivity index (χ0v) is 19.1. The fourth-order valence-electron chi connectivity index (χ4n) is 5.09. The van der Waals surface area contributed by atoms with Crippen molar-refractivity contribution in [2.24, 2.45) is 0 Å². The van der Waals surface area contributed by atoms with Crippen LogP contribution in [0.2, 0.25) is 0 Å². The van der Waals surface area contributed by atoms with Gasteiger partial charge in [0.25, 0.3) is 0 Å². The maximum absolute atomic E-state index is 15.5. The van der Waals surface area contributed by atoms with Gasteiger partial charge in [0.15, 0.2) is 7.14 Å². The predicted molar refractivity (Wildman–Crippen MR) is 140 cm³/mol. The first-order valence-electron chi connectivity index (χ1n) is 11.3. The number of fused-ring (bicyclic) bond motifs is 3. The lowest BCUT2D eigenvalue weighted by molar-refractivity contribution is 0.592. The number of hydrogen-bond acceptors (Lipinski definition) is 1. The number of benzene rings is 5. The van der Waals surface area contributed by atoms with E-state index in [0.717, 1.165) is 33.5 Å². The second-order valence-electron chi connectivity index (χ2n) is 8.47. The highest BCUT2D eigenvalue weighted by Gasteiger charge is 2.36. The van der Waals surface area contributed by atoms with Crippen LogP contribution in [0.15, 0.2) is 127 Å². The Labute approximate surface area is 194 Å². The molecular weight excluding hydrogens is 419 g/mol. The Balaban J connectivity index is 1.66. The molecule has 0 N–H and O–H groups in total. The standard InChI is InChI=1S/C31H23OP/c32-33(25-15-5-2-6-16-25,30-20-10-9-18-27(30)23-12-3-1-4-13-23)31-21-11-19-28-26-17-8-7-14-24(26)22-29(28)31/h1-21H,22H2. The lowest BCUT2D eigenvalue weighted by Gasteiger charge is -2.25. The summed E-state index contributed by atoms with van der Waals surface area (Å²) in [6, 6.07) is 43.3. The van der Waals surface area contributed by atoms with E-state index in [2.05, 4.69) is 66.7 Å². The third kappa shape index (κ3) is 3.20. The summed E-state index contributed by atoms with van der Waals surface area (Å²) in [5.41, 5.74) is 7.06. The summed E-state index contributed by atoms with van der Waals surface area (Å²) in [4.78, 5) is 0. The topological polar surface area (TPSA) is 17.1 Å². The Kier molecular flexibility index (Phi) is 4.86. The van der Waals surface area contributed by atoms with Crippen LogP contribution in [-0.2, 0) is 11.0 Å². The molecule has 33 heavy (non-hydrogen) atoms. The molecule has 5 aromatic carbocycles. The van der Waals surface area contributed by atoms with Crippen LogP contribution in [0.5, 0.6) is 0 Å². The first kappa shape index (κ1) is 20.0. The van der Waals surface area contributed by atoms with Crippen LogP contribution in [0.4, 0.5) is 0 Å². The average molecular weight is 442 g/mol. The van der Waals surface area contributed by atoms with E-state index >= 15 is 4.57 Å². The van der Waals surface area contributed by atoms with Crippen LogP contribution in [-0.4, -0.2) is 0 Å². The van der Waals surface area contributed by atoms with Crippen LogP contribution in [0.25, 0.3) is 22.3 Å². The Morgan fingerprint density at radius 3 is 1.85 bits per heavy atom. The van der Waals surface area contributed by atoms with Gasteiger partial charge in [-0.2, -0.15) is 0 Å². The van der Waals surface area contributed by atoms with Crippen molar-refractivity contribution in [1.29, 1.82) is 0 Å². The molecule has 158 valence electrons. The summed E-state index contributed by atoms with van der Waals surface area (Å²) in [5.74, 6) is 0. The van der Waals surface area contributed by atoms with Gasteiger partial charge in [-0.25, -0.2) is 0 Å². The molecule has 1 atom stereocenters. The third-order valence-corrected chi connectivity index (χ3v) is 9.80. The van der Waals surface area contributed by atoms with Crippen LogP contribution in [0, 0.1) is 0 Å². The van der Waals surface area contributed by atoms with Gasteiger partial charge in [0, 0.05) is 15.9 Å². The van der Waals surface area contributed by atoms with Crippen molar-refractivity contribution in [2.75, 3.05) is 0 Å². The van der Waals surface area contributed by atoms with Crippen LogP contribution >= 0.6 is 7.14 Å². The molecule has 1 nitrogen and oxygen atoms in total. The van der Waals surface area contributed by atoms with E-state index in [-0.39, 0.29) is 0 Å². The molecule has 0 saturated carbocycles. The minimum atomic E-state index is -3.15. The van der Waals surface area contributed by atoms with Crippen molar-refractivity contribution in [3.8, 4) is 22.3 Å². The Morgan fingerprint density at radius 1 is 0.485 bits per heavy atom. The second kappa shape index (κ2) is 8.03. The predicted octanol–water partition coefficient (Wildman–Crippen LogP) is 6.56. The molecule has 1 aliphatic rings. The summed E-state index contributed by atoms with van der Waals surface area (Å²) < 4.78 is 15.5. The Morgan fingerprint density at radius 2 is 1.06 bits per heavy atom. The fraction of sp³-hybridized carbons (Fsp3) is 0.0323. The molecule has 1 aliphatic carbocycles. The van der Waals surface area contributed by atoms with Gasteiger partial charge in [-0.1, -0.05) is 127 Å². The van der Waals surface area contributed by atoms with Crippen LogP contribution in [0.1, 0.15) is 11.1 Å². The molecule has 0 aromatic heterocycles. The third-order valence-electron chi connectivity index (χ3n) is 6.61. The van der Waals surface area contributed by atoms with E-state index in [1.54, 1.807) is 0 Å². The highest BCUT2D eigenvalue weighted by atomic mass is 31.2. The number of hydrogen-bond donors (Lipinski definition) is 0. The largest absolute Gasteiger partial charge is 0.309 e. The fourth-order valence-corrected chi connectivity index (χ4v) is 8.21. The van der Waals surface area contributed by atoms with Gasteiger partial charge in [0.2, 0.25) is 0 Å². The van der Waals surface area contributed by atoms with E-state index in [4.69, 9.17) is 0 Å². The highest BCUT2D eigenvalue weighted by molar-refractivity contribution is 7.85. The molecule has 0 spiro atoms. The molecule has 0 aliphatic heterocycles. The van der Waals surface area contributed by atoms with E-state index in [1.165, 1.54) is 22.3 Å². The number of rotatable bonds is 4. The lowest BCUT2D eigenvalue weighted by Crippen LogP contribution is -2.28. The van der Waals surface area contributed by atoms with Gasteiger partial charge >= 0.3 is 0 Å². The van der Waals surface area contributed by atoms with Crippen molar-refractivity contribution in [3.63, 3.8) is 0 Å². The van der Waals surface area contributed by atoms with E-state index in [0.29, 0.717) is 0 Å². The molecule has 0 saturated heterocycles. The Bertz CT molecular complexity index is 1500. The molecule has 0 amide bonds. The molecule has 0 heterocycles. The zero-order valence-electron chi connectivity index (χ0n) is 18.2. The van der Waals surface area contributed by atoms with Gasteiger partial charge in [-0.3, -0.25) is 0 Å². The summed E-state index contributed by atoms with van der Waals surface area (Å²) in [6.45, 7) is 0. The molecule has 2 heteroatoms. The minimum absolute atomic E-state index is 0.812. The SMILES string of the molecule is O=P(c1ccccc1)(c1ccccc1-c1ccccc1)c1cccc2c1Cc1ccccc1-2. The maximum atomic E-state index is 15.5. The molecule has 6 rings (SSSR count). The van der Waals surface area contributed by atoms with Gasteiger partial charge in [0.05, 0.1) is 0 Å². The van der Waals surface area contributed by atoms with Crippen molar-refractivity contribution < 1.29 is 4.57 Å². The quantitative estimate of drug-likeness (QED) is 0.283. The van der Waals surface area contributed by atoms with Crippen molar-refractivity contribution >= 4 is 23.1 Å². The summed E-state index contributed by atoms with van der Waals surface area (Å²) in [6.07, 6.45) is 0.812. The normalized spacial score (nSPS) is 13.7. The van der Waals surface area contributed by atoms with E-state index in [9.17, 15) is 0 Å². The zero-order chi connectivity index (χ0) is 22.3. The second-order valence-corrected chi connectivity index (χ2v) is 11.2. The first-order chi connectivity index (χ1) is 16.3. The maximum Gasteiger partial charge on any atom is 0.171 e. The molecule has 1 unspecified atom stereocenters. The van der Waals surface area contributed by atoms with Gasteiger partial charge < -0.3 is 4.57 Å². The monoisotopic (exact) mass is 442 g/mol. The average Bonchev–Trinajstić information content (AvgIpc) is 3.28. The van der Waals surface area contributed by atoms with Gasteiger partial charge in [-0.05, 0) is 39.8 Å². The van der Waals surface area contributed by atoms with Crippen molar-refractivity contribution in [2.45, 2.75) is 6.42 Å². The summed E-state index contributed by atoms with van der Waals surface area (Å²) in [7, 11) is -3.15.